The van der Waals surface area contributed by atoms with Gasteiger partial charge in [0.25, 0.3) is 0 Å². The van der Waals surface area contributed by atoms with Gasteiger partial charge in [0.1, 0.15) is 0 Å². The van der Waals surface area contributed by atoms with Crippen molar-refractivity contribution in [1.82, 2.24) is 0 Å². The van der Waals surface area contributed by atoms with Crippen LogP contribution >= 0.6 is 15.8 Å². The second-order valence-electron chi connectivity index (χ2n) is 12.1. The number of fused-ring (bicyclic) bond motifs is 2. The van der Waals surface area contributed by atoms with Gasteiger partial charge in [-0.1, -0.05) is 83.4 Å². The smallest absolute Gasteiger partial charge is 0.161 e. The van der Waals surface area contributed by atoms with Crippen molar-refractivity contribution in [2.24, 2.45) is 23.7 Å². The Hall–Kier alpha value is -0.766. The van der Waals surface area contributed by atoms with Crippen molar-refractivity contribution in [3.05, 3.63) is 72.8 Å². The molecule has 198 valence electrons. The zero-order valence-electron chi connectivity index (χ0n) is 24.5. The van der Waals surface area contributed by atoms with Crippen LogP contribution in [-0.2, 0) is 21.7 Å². The number of benzene rings is 2. The largest absolute Gasteiger partial charge is 2.00 e. The van der Waals surface area contributed by atoms with E-state index in [1.807, 2.05) is 0 Å². The summed E-state index contributed by atoms with van der Waals surface area (Å²) in [6.07, 6.45) is 5.46. The summed E-state index contributed by atoms with van der Waals surface area (Å²) in [7, 11) is 0.0370. The van der Waals surface area contributed by atoms with Gasteiger partial charge in [0.15, 0.2) is 0 Å². The van der Waals surface area contributed by atoms with Gasteiger partial charge in [-0.05, 0) is 48.3 Å². The standard InChI is InChI=1S/2C17H24P.Ti/c2*1-13(2)11-18(12-14(3)4)17-9-15-7-5-6-8-16(15)10-17;/h2*5-10,13-14H,11-12H2,1-4H3;/q2*-1;+2. The molecule has 0 nitrogen and oxygen atoms in total. The van der Waals surface area contributed by atoms with Crippen LogP contribution in [0.3, 0.4) is 0 Å². The molecule has 0 aliphatic heterocycles. The van der Waals surface area contributed by atoms with Crippen molar-refractivity contribution in [2.45, 2.75) is 55.4 Å². The first kappa shape index (κ1) is 32.4. The van der Waals surface area contributed by atoms with Gasteiger partial charge >= 0.3 is 21.7 Å². The molecule has 37 heavy (non-hydrogen) atoms. The molecular weight excluding hydrogens is 518 g/mol. The molecule has 3 heteroatoms. The van der Waals surface area contributed by atoms with Gasteiger partial charge in [-0.25, -0.2) is 0 Å². The summed E-state index contributed by atoms with van der Waals surface area (Å²) >= 11 is 0. The number of hydrogen-bond acceptors (Lipinski definition) is 0. The minimum absolute atomic E-state index is 0. The third-order valence-corrected chi connectivity index (χ3v) is 12.9. The molecule has 4 aromatic rings. The summed E-state index contributed by atoms with van der Waals surface area (Å²) in [5, 5.41) is 8.85. The van der Waals surface area contributed by atoms with Crippen LogP contribution in [0, 0.1) is 23.7 Å². The minimum atomic E-state index is 0. The molecule has 0 saturated heterocycles. The Morgan fingerprint density at radius 3 is 1.08 bits per heavy atom. The maximum absolute atomic E-state index is 2.42. The monoisotopic (exact) mass is 566 g/mol. The molecule has 4 rings (SSSR count). The summed E-state index contributed by atoms with van der Waals surface area (Å²) < 4.78 is 0. The van der Waals surface area contributed by atoms with E-state index in [4.69, 9.17) is 0 Å². The molecule has 0 heterocycles. The van der Waals surface area contributed by atoms with Gasteiger partial charge in [0, 0.05) is 0 Å². The fourth-order valence-corrected chi connectivity index (χ4v) is 10.9. The van der Waals surface area contributed by atoms with Gasteiger partial charge in [0.05, 0.1) is 0 Å². The summed E-state index contributed by atoms with van der Waals surface area (Å²) in [6, 6.07) is 27.2. The Bertz CT molecular complexity index is 1000. The average Bonchev–Trinajstić information content (AvgIpc) is 3.42. The Balaban J connectivity index is 0.000000253. The van der Waals surface area contributed by atoms with Crippen LogP contribution in [-0.4, -0.2) is 24.6 Å². The zero-order chi connectivity index (χ0) is 26.2. The third-order valence-electron chi connectivity index (χ3n) is 6.28. The Morgan fingerprint density at radius 1 is 0.514 bits per heavy atom. The van der Waals surface area contributed by atoms with Crippen molar-refractivity contribution in [3.8, 4) is 0 Å². The van der Waals surface area contributed by atoms with E-state index < -0.39 is 0 Å². The Labute approximate surface area is 245 Å². The van der Waals surface area contributed by atoms with E-state index >= 15 is 0 Å². The summed E-state index contributed by atoms with van der Waals surface area (Å²) in [5.74, 6) is 3.20. The predicted octanol–water partition coefficient (Wildman–Crippen LogP) is 9.95. The Kier molecular flexibility index (Phi) is 13.8. The average molecular weight is 567 g/mol. The van der Waals surface area contributed by atoms with Crippen LogP contribution in [0.4, 0.5) is 0 Å². The molecular formula is C34H48P2Ti. The van der Waals surface area contributed by atoms with Crippen LogP contribution in [0.2, 0.25) is 0 Å². The predicted molar refractivity (Wildman–Crippen MR) is 171 cm³/mol. The van der Waals surface area contributed by atoms with Crippen molar-refractivity contribution >= 4 is 48.0 Å². The summed E-state index contributed by atoms with van der Waals surface area (Å²) in [6.45, 7) is 18.8. The van der Waals surface area contributed by atoms with Crippen LogP contribution < -0.4 is 10.6 Å². The van der Waals surface area contributed by atoms with Gasteiger partial charge in [0.2, 0.25) is 0 Å². The third kappa shape index (κ3) is 10.4. The van der Waals surface area contributed by atoms with E-state index in [2.05, 4.69) is 128 Å². The van der Waals surface area contributed by atoms with Crippen molar-refractivity contribution in [3.63, 3.8) is 0 Å². The molecule has 0 atom stereocenters. The van der Waals surface area contributed by atoms with Crippen LogP contribution in [0.15, 0.2) is 72.8 Å². The molecule has 0 fully saturated rings. The molecule has 0 aliphatic carbocycles. The van der Waals surface area contributed by atoms with E-state index in [0.29, 0.717) is 0 Å². The molecule has 0 N–H and O–H groups in total. The van der Waals surface area contributed by atoms with Crippen molar-refractivity contribution < 1.29 is 21.7 Å². The van der Waals surface area contributed by atoms with E-state index in [1.165, 1.54) is 46.2 Å². The van der Waals surface area contributed by atoms with Gasteiger partial charge < -0.3 is 0 Å². The number of hydrogen-bond donors (Lipinski definition) is 0. The van der Waals surface area contributed by atoms with Gasteiger partial charge in [-0.3, -0.25) is 0 Å². The van der Waals surface area contributed by atoms with E-state index in [9.17, 15) is 0 Å². The summed E-state index contributed by atoms with van der Waals surface area (Å²) in [4.78, 5) is 0. The van der Waals surface area contributed by atoms with Crippen molar-refractivity contribution in [1.29, 1.82) is 0 Å². The molecule has 0 amide bonds. The van der Waals surface area contributed by atoms with Gasteiger partial charge in [-0.15, -0.1) is 80.7 Å². The molecule has 0 unspecified atom stereocenters. The zero-order valence-corrected chi connectivity index (χ0v) is 27.8. The van der Waals surface area contributed by atoms with E-state index in [-0.39, 0.29) is 37.6 Å². The van der Waals surface area contributed by atoms with Gasteiger partial charge in [-0.2, -0.15) is 12.1 Å². The van der Waals surface area contributed by atoms with Crippen molar-refractivity contribution in [2.75, 3.05) is 24.6 Å². The molecule has 0 aromatic heterocycles. The Morgan fingerprint density at radius 2 is 0.811 bits per heavy atom. The van der Waals surface area contributed by atoms with Crippen LogP contribution in [0.5, 0.6) is 0 Å². The van der Waals surface area contributed by atoms with E-state index in [0.717, 1.165) is 23.7 Å². The second-order valence-corrected chi connectivity index (χ2v) is 16.7. The SMILES string of the molecule is CC(C)CP(CC(C)C)c1cc2ccccc2[cH-]1.CC(C)CP(CC(C)C)c1cc2ccccc2[cH-]1.[Ti+2]. The maximum atomic E-state index is 2.42. The molecule has 0 radical (unpaired) electrons. The molecule has 0 bridgehead atoms. The minimum Gasteiger partial charge on any atom is -0.161 e. The molecule has 4 aromatic carbocycles. The fourth-order valence-electron chi connectivity index (χ4n) is 4.97. The maximum Gasteiger partial charge on any atom is 2.00 e. The molecule has 0 aliphatic rings. The summed E-state index contributed by atoms with van der Waals surface area (Å²) in [5.41, 5.74) is 0. The molecule has 0 spiro atoms. The first-order valence-corrected chi connectivity index (χ1v) is 17.4. The topological polar surface area (TPSA) is 0 Å². The number of rotatable bonds is 10. The van der Waals surface area contributed by atoms with Crippen LogP contribution in [0.25, 0.3) is 21.5 Å². The van der Waals surface area contributed by atoms with Crippen LogP contribution in [0.1, 0.15) is 55.4 Å². The fraction of sp³-hybridized carbons (Fsp3) is 0.471. The van der Waals surface area contributed by atoms with E-state index in [1.54, 1.807) is 10.6 Å². The molecule has 0 saturated carbocycles. The first-order chi connectivity index (χ1) is 17.1. The normalized spacial score (nSPS) is 11.8. The quantitative estimate of drug-likeness (QED) is 0.102. The first-order valence-electron chi connectivity index (χ1n) is 13.9. The second kappa shape index (κ2) is 15.7.